The SMILES string of the molecule is NCC1(CN)CCCN1. The highest BCUT2D eigenvalue weighted by atomic mass is 15.0. The predicted molar refractivity (Wildman–Crippen MR) is 38.1 cm³/mol. The van der Waals surface area contributed by atoms with Gasteiger partial charge in [-0.3, -0.25) is 0 Å². The Morgan fingerprint density at radius 2 is 2.00 bits per heavy atom. The second kappa shape index (κ2) is 2.64. The molecule has 0 aliphatic carbocycles. The molecule has 1 rings (SSSR count). The summed E-state index contributed by atoms with van der Waals surface area (Å²) >= 11 is 0. The number of nitrogens with one attached hydrogen (secondary N) is 1. The Morgan fingerprint density at radius 1 is 1.33 bits per heavy atom. The van der Waals surface area contributed by atoms with Crippen molar-refractivity contribution >= 4 is 0 Å². The summed E-state index contributed by atoms with van der Waals surface area (Å²) in [5.41, 5.74) is 11.2. The lowest BCUT2D eigenvalue weighted by Gasteiger charge is -2.25. The first-order valence-electron chi connectivity index (χ1n) is 3.48. The average molecular weight is 129 g/mol. The first-order valence-corrected chi connectivity index (χ1v) is 3.48. The normalized spacial score (nSPS) is 24.7. The molecule has 0 unspecified atom stereocenters. The Labute approximate surface area is 55.8 Å². The summed E-state index contributed by atoms with van der Waals surface area (Å²) in [7, 11) is 0. The molecule has 1 fully saturated rings. The highest BCUT2D eigenvalue weighted by Gasteiger charge is 2.29. The maximum atomic E-state index is 5.54. The van der Waals surface area contributed by atoms with Crippen molar-refractivity contribution in [3.8, 4) is 0 Å². The van der Waals surface area contributed by atoms with E-state index in [0.717, 1.165) is 13.0 Å². The molecule has 54 valence electrons. The van der Waals surface area contributed by atoms with Crippen LogP contribution in [0.5, 0.6) is 0 Å². The molecule has 0 bridgehead atoms. The van der Waals surface area contributed by atoms with E-state index in [1.165, 1.54) is 6.42 Å². The van der Waals surface area contributed by atoms with Crippen LogP contribution in [-0.2, 0) is 0 Å². The summed E-state index contributed by atoms with van der Waals surface area (Å²) in [5.74, 6) is 0. The Kier molecular flexibility index (Phi) is 2.05. The van der Waals surface area contributed by atoms with Crippen LogP contribution in [0.15, 0.2) is 0 Å². The first kappa shape index (κ1) is 6.99. The summed E-state index contributed by atoms with van der Waals surface area (Å²) in [5, 5.41) is 3.32. The molecule has 0 atom stereocenters. The number of nitrogens with two attached hydrogens (primary N) is 2. The molecule has 0 saturated carbocycles. The molecule has 1 saturated heterocycles. The highest BCUT2D eigenvalue weighted by molar-refractivity contribution is 4.94. The number of rotatable bonds is 2. The second-order valence-corrected chi connectivity index (χ2v) is 2.72. The third-order valence-electron chi connectivity index (χ3n) is 2.11. The van der Waals surface area contributed by atoms with Crippen molar-refractivity contribution in [2.24, 2.45) is 11.5 Å². The van der Waals surface area contributed by atoms with Crippen LogP contribution in [0.2, 0.25) is 0 Å². The van der Waals surface area contributed by atoms with E-state index < -0.39 is 0 Å². The second-order valence-electron chi connectivity index (χ2n) is 2.72. The van der Waals surface area contributed by atoms with E-state index in [-0.39, 0.29) is 5.54 Å². The summed E-state index contributed by atoms with van der Waals surface area (Å²) in [6, 6.07) is 0. The molecular weight excluding hydrogens is 114 g/mol. The number of hydrogen-bond donors (Lipinski definition) is 3. The van der Waals surface area contributed by atoms with Crippen molar-refractivity contribution < 1.29 is 0 Å². The fourth-order valence-electron chi connectivity index (χ4n) is 1.30. The zero-order chi connectivity index (χ0) is 6.74. The van der Waals surface area contributed by atoms with Crippen molar-refractivity contribution in [1.29, 1.82) is 0 Å². The Morgan fingerprint density at radius 3 is 2.22 bits per heavy atom. The number of hydrogen-bond acceptors (Lipinski definition) is 3. The van der Waals surface area contributed by atoms with Crippen molar-refractivity contribution in [2.75, 3.05) is 19.6 Å². The third-order valence-corrected chi connectivity index (χ3v) is 2.11. The van der Waals surface area contributed by atoms with Crippen LogP contribution in [0.3, 0.4) is 0 Å². The topological polar surface area (TPSA) is 64.1 Å². The molecule has 0 aromatic rings. The molecular formula is C6H15N3. The molecule has 5 N–H and O–H groups in total. The van der Waals surface area contributed by atoms with Gasteiger partial charge >= 0.3 is 0 Å². The minimum atomic E-state index is 0.0833. The summed E-state index contributed by atoms with van der Waals surface area (Å²) in [4.78, 5) is 0. The van der Waals surface area contributed by atoms with Crippen molar-refractivity contribution in [1.82, 2.24) is 5.32 Å². The summed E-state index contributed by atoms with van der Waals surface area (Å²) in [6.07, 6.45) is 2.36. The zero-order valence-electron chi connectivity index (χ0n) is 5.69. The van der Waals surface area contributed by atoms with Gasteiger partial charge in [0.15, 0.2) is 0 Å². The van der Waals surface area contributed by atoms with Crippen molar-refractivity contribution in [3.05, 3.63) is 0 Å². The monoisotopic (exact) mass is 129 g/mol. The van der Waals surface area contributed by atoms with Gasteiger partial charge in [0.1, 0.15) is 0 Å². The van der Waals surface area contributed by atoms with Gasteiger partial charge < -0.3 is 16.8 Å². The highest BCUT2D eigenvalue weighted by Crippen LogP contribution is 2.15. The van der Waals surface area contributed by atoms with Gasteiger partial charge in [-0.15, -0.1) is 0 Å². The molecule has 0 spiro atoms. The van der Waals surface area contributed by atoms with Crippen molar-refractivity contribution in [2.45, 2.75) is 18.4 Å². The quantitative estimate of drug-likeness (QED) is 0.449. The standard InChI is InChI=1S/C6H15N3/c7-4-6(5-8)2-1-3-9-6/h9H,1-5,7-8H2. The van der Waals surface area contributed by atoms with Crippen LogP contribution < -0.4 is 16.8 Å². The van der Waals surface area contributed by atoms with E-state index in [9.17, 15) is 0 Å². The Hall–Kier alpha value is -0.120. The van der Waals surface area contributed by atoms with Crippen molar-refractivity contribution in [3.63, 3.8) is 0 Å². The molecule has 3 heteroatoms. The molecule has 0 radical (unpaired) electrons. The molecule has 1 aliphatic rings. The van der Waals surface area contributed by atoms with Gasteiger partial charge in [-0.2, -0.15) is 0 Å². The summed E-state index contributed by atoms with van der Waals surface area (Å²) < 4.78 is 0. The van der Waals surface area contributed by atoms with Crippen LogP contribution in [0.25, 0.3) is 0 Å². The molecule has 1 heterocycles. The fraction of sp³-hybridized carbons (Fsp3) is 1.00. The van der Waals surface area contributed by atoms with E-state index in [2.05, 4.69) is 5.32 Å². The Bertz CT molecular complexity index is 80.3. The van der Waals surface area contributed by atoms with Crippen LogP contribution in [0.4, 0.5) is 0 Å². The van der Waals surface area contributed by atoms with E-state index in [1.54, 1.807) is 0 Å². The lowest BCUT2D eigenvalue weighted by atomic mass is 9.98. The van der Waals surface area contributed by atoms with Gasteiger partial charge in [0.25, 0.3) is 0 Å². The van der Waals surface area contributed by atoms with Gasteiger partial charge in [0, 0.05) is 18.6 Å². The molecule has 0 amide bonds. The lowest BCUT2D eigenvalue weighted by Crippen LogP contribution is -2.52. The maximum Gasteiger partial charge on any atom is 0.0428 e. The van der Waals surface area contributed by atoms with Gasteiger partial charge in [-0.1, -0.05) is 0 Å². The van der Waals surface area contributed by atoms with E-state index in [1.807, 2.05) is 0 Å². The molecule has 3 nitrogen and oxygen atoms in total. The largest absolute Gasteiger partial charge is 0.329 e. The minimum absolute atomic E-state index is 0.0833. The molecule has 1 aliphatic heterocycles. The van der Waals surface area contributed by atoms with Crippen LogP contribution in [0.1, 0.15) is 12.8 Å². The van der Waals surface area contributed by atoms with Crippen LogP contribution in [0, 0.1) is 0 Å². The van der Waals surface area contributed by atoms with Gasteiger partial charge in [0.05, 0.1) is 0 Å². The average Bonchev–Trinajstić information content (AvgIpc) is 2.36. The molecule has 0 aromatic heterocycles. The maximum absolute atomic E-state index is 5.54. The van der Waals surface area contributed by atoms with Crippen LogP contribution in [-0.4, -0.2) is 25.2 Å². The minimum Gasteiger partial charge on any atom is -0.329 e. The third kappa shape index (κ3) is 1.23. The van der Waals surface area contributed by atoms with E-state index in [4.69, 9.17) is 11.5 Å². The predicted octanol–water partition coefficient (Wildman–Crippen LogP) is -0.974. The molecule has 0 aromatic carbocycles. The Balaban J connectivity index is 2.45. The smallest absolute Gasteiger partial charge is 0.0428 e. The zero-order valence-corrected chi connectivity index (χ0v) is 5.69. The van der Waals surface area contributed by atoms with Gasteiger partial charge in [0.2, 0.25) is 0 Å². The lowest BCUT2D eigenvalue weighted by molar-refractivity contribution is 0.397. The van der Waals surface area contributed by atoms with E-state index in [0.29, 0.717) is 13.1 Å². The summed E-state index contributed by atoms with van der Waals surface area (Å²) in [6.45, 7) is 2.42. The van der Waals surface area contributed by atoms with E-state index >= 15 is 0 Å². The first-order chi connectivity index (χ1) is 4.33. The van der Waals surface area contributed by atoms with Gasteiger partial charge in [-0.05, 0) is 19.4 Å². The molecule has 9 heavy (non-hydrogen) atoms. The van der Waals surface area contributed by atoms with Crippen LogP contribution >= 0.6 is 0 Å². The fourth-order valence-corrected chi connectivity index (χ4v) is 1.30. The van der Waals surface area contributed by atoms with Gasteiger partial charge in [-0.25, -0.2) is 0 Å².